The second-order valence-corrected chi connectivity index (χ2v) is 8.25. The van der Waals surface area contributed by atoms with Crippen molar-refractivity contribution in [3.8, 4) is 11.8 Å². The van der Waals surface area contributed by atoms with Crippen LogP contribution in [-0.4, -0.2) is 15.0 Å². The van der Waals surface area contributed by atoms with Gasteiger partial charge in [-0.3, -0.25) is 4.72 Å². The van der Waals surface area contributed by atoms with Crippen LogP contribution in [0.5, 0.6) is 5.75 Å². The second kappa shape index (κ2) is 9.77. The van der Waals surface area contributed by atoms with Crippen molar-refractivity contribution in [2.45, 2.75) is 17.2 Å². The van der Waals surface area contributed by atoms with Gasteiger partial charge >= 0.3 is 0 Å². The van der Waals surface area contributed by atoms with Gasteiger partial charge in [-0.15, -0.1) is 6.58 Å². The summed E-state index contributed by atoms with van der Waals surface area (Å²) in [6, 6.07) is 25.5. The Kier molecular flexibility index (Phi) is 6.89. The van der Waals surface area contributed by atoms with E-state index in [1.807, 2.05) is 18.2 Å². The van der Waals surface area contributed by atoms with Gasteiger partial charge in [0.15, 0.2) is 0 Å². The summed E-state index contributed by atoms with van der Waals surface area (Å²) in [6.45, 7) is 4.11. The SMILES string of the molecule is C=CCC(COc1c[c]ccc1)c1cccc(NS(=O)(=O)c2ccccc2)c1C#N. The number of anilines is 1. The summed E-state index contributed by atoms with van der Waals surface area (Å²) >= 11 is 0. The molecule has 3 rings (SSSR count). The third-order valence-corrected chi connectivity index (χ3v) is 5.91. The average molecular weight is 418 g/mol. The molecule has 0 aliphatic heterocycles. The van der Waals surface area contributed by atoms with Gasteiger partial charge in [0.05, 0.1) is 22.8 Å². The van der Waals surface area contributed by atoms with E-state index in [1.165, 1.54) is 12.1 Å². The first-order valence-electron chi connectivity index (χ1n) is 9.36. The van der Waals surface area contributed by atoms with E-state index >= 15 is 0 Å². The molecule has 30 heavy (non-hydrogen) atoms. The highest BCUT2D eigenvalue weighted by atomic mass is 32.2. The Morgan fingerprint density at radius 1 is 1.13 bits per heavy atom. The Hall–Kier alpha value is -3.56. The number of nitrogens with one attached hydrogen (secondary N) is 1. The molecule has 5 nitrogen and oxygen atoms in total. The van der Waals surface area contributed by atoms with Crippen LogP contribution in [0.25, 0.3) is 0 Å². The molecule has 0 aliphatic carbocycles. The van der Waals surface area contributed by atoms with Crippen LogP contribution in [0, 0.1) is 17.4 Å². The minimum atomic E-state index is -3.81. The lowest BCUT2D eigenvalue weighted by Gasteiger charge is -2.20. The quantitative estimate of drug-likeness (QED) is 0.502. The number of hydrogen-bond acceptors (Lipinski definition) is 4. The van der Waals surface area contributed by atoms with E-state index in [9.17, 15) is 13.7 Å². The Morgan fingerprint density at radius 2 is 1.93 bits per heavy atom. The number of sulfonamides is 1. The van der Waals surface area contributed by atoms with Crippen LogP contribution in [0.4, 0.5) is 5.69 Å². The molecule has 0 saturated heterocycles. The van der Waals surface area contributed by atoms with E-state index < -0.39 is 10.0 Å². The van der Waals surface area contributed by atoms with E-state index in [4.69, 9.17) is 4.74 Å². The Labute approximate surface area is 177 Å². The molecule has 0 bridgehead atoms. The molecule has 3 aromatic carbocycles. The lowest BCUT2D eigenvalue weighted by atomic mass is 9.91. The van der Waals surface area contributed by atoms with Crippen LogP contribution in [0.15, 0.2) is 90.3 Å². The third-order valence-electron chi connectivity index (χ3n) is 4.53. The maximum Gasteiger partial charge on any atom is 0.261 e. The monoisotopic (exact) mass is 417 g/mol. The standard InChI is InChI=1S/C24H21N2O3S/c1-2-10-19(18-29-20-11-5-3-6-12-20)22-15-9-16-24(23(22)17-25)26-30(27,28)21-13-7-4-8-14-21/h2-5,7-9,11-16,19,26H,1,10,18H2. The zero-order valence-electron chi connectivity index (χ0n) is 16.3. The first-order chi connectivity index (χ1) is 14.5. The summed E-state index contributed by atoms with van der Waals surface area (Å²) < 4.78 is 33.8. The van der Waals surface area contributed by atoms with Gasteiger partial charge in [0.25, 0.3) is 10.0 Å². The molecule has 0 aliphatic rings. The Morgan fingerprint density at radius 3 is 2.60 bits per heavy atom. The van der Waals surface area contributed by atoms with Crippen molar-refractivity contribution in [1.82, 2.24) is 0 Å². The zero-order chi connectivity index (χ0) is 21.4. The molecule has 1 radical (unpaired) electrons. The highest BCUT2D eigenvalue weighted by Gasteiger charge is 2.21. The summed E-state index contributed by atoms with van der Waals surface area (Å²) in [5.41, 5.74) is 1.21. The van der Waals surface area contributed by atoms with Crippen LogP contribution >= 0.6 is 0 Å². The van der Waals surface area contributed by atoms with Gasteiger partial charge in [-0.2, -0.15) is 5.26 Å². The predicted octanol–water partition coefficient (Wildman–Crippen LogP) is 4.90. The van der Waals surface area contributed by atoms with Gasteiger partial charge in [0, 0.05) is 5.92 Å². The molecule has 1 N–H and O–H groups in total. The molecule has 151 valence electrons. The van der Waals surface area contributed by atoms with E-state index in [2.05, 4.69) is 23.4 Å². The molecule has 3 aromatic rings. The highest BCUT2D eigenvalue weighted by Crippen LogP contribution is 2.30. The maximum atomic E-state index is 12.7. The van der Waals surface area contributed by atoms with Crippen LogP contribution < -0.4 is 9.46 Å². The smallest absolute Gasteiger partial charge is 0.261 e. The third kappa shape index (κ3) is 5.07. The van der Waals surface area contributed by atoms with E-state index in [1.54, 1.807) is 48.5 Å². The summed E-state index contributed by atoms with van der Waals surface area (Å²) in [5, 5.41) is 9.81. The van der Waals surface area contributed by atoms with Crippen molar-refractivity contribution in [1.29, 1.82) is 5.26 Å². The Bertz CT molecular complexity index is 1140. The molecule has 6 heteroatoms. The lowest BCUT2D eigenvalue weighted by Crippen LogP contribution is -2.16. The molecular weight excluding hydrogens is 396 g/mol. The summed E-state index contributed by atoms with van der Waals surface area (Å²) in [4.78, 5) is 0.130. The van der Waals surface area contributed by atoms with Crippen molar-refractivity contribution in [2.24, 2.45) is 0 Å². The van der Waals surface area contributed by atoms with E-state index in [0.29, 0.717) is 24.3 Å². The molecule has 1 atom stereocenters. The maximum absolute atomic E-state index is 12.7. The molecule has 1 unspecified atom stereocenters. The van der Waals surface area contributed by atoms with Gasteiger partial charge < -0.3 is 4.74 Å². The molecule has 0 heterocycles. The molecule has 0 amide bonds. The molecule has 0 saturated carbocycles. The molecule has 0 fully saturated rings. The van der Waals surface area contributed by atoms with Crippen molar-refractivity contribution in [3.63, 3.8) is 0 Å². The number of nitrogens with zero attached hydrogens (tertiary/aromatic N) is 1. The number of benzene rings is 3. The van der Waals surface area contributed by atoms with Gasteiger partial charge in [0.1, 0.15) is 11.8 Å². The van der Waals surface area contributed by atoms with E-state index in [-0.39, 0.29) is 22.1 Å². The predicted molar refractivity (Wildman–Crippen MR) is 117 cm³/mol. The van der Waals surface area contributed by atoms with Gasteiger partial charge in [-0.25, -0.2) is 8.42 Å². The van der Waals surface area contributed by atoms with E-state index in [0.717, 1.165) is 0 Å². The number of hydrogen-bond donors (Lipinski definition) is 1. The summed E-state index contributed by atoms with van der Waals surface area (Å²) in [7, 11) is -3.81. The fraction of sp³-hybridized carbons (Fsp3) is 0.125. The minimum Gasteiger partial charge on any atom is -0.493 e. The minimum absolute atomic E-state index is 0.130. The Balaban J connectivity index is 1.91. The second-order valence-electron chi connectivity index (χ2n) is 6.57. The lowest BCUT2D eigenvalue weighted by molar-refractivity contribution is 0.288. The summed E-state index contributed by atoms with van der Waals surface area (Å²) in [6.07, 6.45) is 2.33. The molecule has 0 spiro atoms. The fourth-order valence-electron chi connectivity index (χ4n) is 3.07. The number of allylic oxidation sites excluding steroid dienone is 1. The van der Waals surface area contributed by atoms with Crippen LogP contribution in [-0.2, 0) is 10.0 Å². The van der Waals surface area contributed by atoms with Crippen LogP contribution in [0.1, 0.15) is 23.5 Å². The van der Waals surface area contributed by atoms with Crippen molar-refractivity contribution >= 4 is 15.7 Å². The number of rotatable bonds is 9. The normalized spacial score (nSPS) is 11.8. The average Bonchev–Trinajstić information content (AvgIpc) is 2.77. The first kappa shape index (κ1) is 21.2. The number of nitriles is 1. The van der Waals surface area contributed by atoms with Crippen LogP contribution in [0.2, 0.25) is 0 Å². The van der Waals surface area contributed by atoms with Gasteiger partial charge in [-0.05, 0) is 48.4 Å². The van der Waals surface area contributed by atoms with Gasteiger partial charge in [-0.1, -0.05) is 48.5 Å². The topological polar surface area (TPSA) is 79.2 Å². The van der Waals surface area contributed by atoms with Crippen molar-refractivity contribution in [3.05, 3.63) is 103 Å². The largest absolute Gasteiger partial charge is 0.493 e. The van der Waals surface area contributed by atoms with Crippen molar-refractivity contribution in [2.75, 3.05) is 11.3 Å². The summed E-state index contributed by atoms with van der Waals surface area (Å²) in [5.74, 6) is 0.504. The van der Waals surface area contributed by atoms with Gasteiger partial charge in [0.2, 0.25) is 0 Å². The molecular formula is C24H21N2O3S. The zero-order valence-corrected chi connectivity index (χ0v) is 17.1. The first-order valence-corrected chi connectivity index (χ1v) is 10.8. The molecule has 0 aromatic heterocycles. The fourth-order valence-corrected chi connectivity index (χ4v) is 4.17. The highest BCUT2D eigenvalue weighted by molar-refractivity contribution is 7.92. The van der Waals surface area contributed by atoms with Crippen molar-refractivity contribution < 1.29 is 13.2 Å². The van der Waals surface area contributed by atoms with Crippen LogP contribution in [0.3, 0.4) is 0 Å². The number of ether oxygens (including phenoxy) is 1.